The van der Waals surface area contributed by atoms with E-state index in [9.17, 15) is 54.3 Å². The molecular weight excluding hydrogens is 1260 g/mol. The first kappa shape index (κ1) is 83.6. The van der Waals surface area contributed by atoms with Crippen LogP contribution in [0, 0.1) is 117 Å². The molecule has 8 nitrogen and oxygen atoms in total. The summed E-state index contributed by atoms with van der Waals surface area (Å²) in [5.74, 6) is -7.50. The Balaban J connectivity index is 0.000000551. The molecule has 0 spiro atoms. The average molecular weight is 1340 g/mol. The molecule has 0 aliphatic heterocycles. The van der Waals surface area contributed by atoms with Gasteiger partial charge in [0.25, 0.3) is 0 Å². The largest absolute Gasteiger partial charge is 4.00 e. The predicted molar refractivity (Wildman–Crippen MR) is 341 cm³/mol. The van der Waals surface area contributed by atoms with Crippen LogP contribution in [0.4, 0.5) is 57.9 Å². The maximum Gasteiger partial charge on any atom is 4.00 e. The molecule has 92 heavy (non-hydrogen) atoms. The molecule has 488 valence electrons. The minimum atomic E-state index is -0.889. The molecule has 0 bridgehead atoms. The number of nitrogens with one attached hydrogen (secondary N) is 4. The van der Waals surface area contributed by atoms with Crippen molar-refractivity contribution in [1.29, 1.82) is 0 Å². The molecule has 0 atom stereocenters. The molecule has 2 saturated carbocycles. The number of amides is 4. The number of allylic oxidation sites excluding steroid dienone is 16. The Morgan fingerprint density at radius 2 is 0.630 bits per heavy atom. The smallest absolute Gasteiger partial charge is 0.376 e. The number of halogens is 8. The monoisotopic (exact) mass is 1340 g/mol. The van der Waals surface area contributed by atoms with Gasteiger partial charge in [0.15, 0.2) is 0 Å². The molecular formula is C74H84F8N4O4Ti2. The normalized spacial score (nSPS) is 15.2. The molecule has 0 unspecified atom stereocenters. The zero-order chi connectivity index (χ0) is 66.6. The Kier molecular flexibility index (Phi) is 40.1. The van der Waals surface area contributed by atoms with Crippen molar-refractivity contribution < 1.29 is 97.7 Å². The van der Waals surface area contributed by atoms with E-state index < -0.39 is 68.2 Å². The molecule has 2 fully saturated rings. The zero-order valence-electron chi connectivity index (χ0n) is 53.9. The Bertz CT molecular complexity index is 2880. The number of carbonyl (C=O) groups is 4. The summed E-state index contributed by atoms with van der Waals surface area (Å²) in [7, 11) is 0. The fourth-order valence-electron chi connectivity index (χ4n) is 8.87. The maximum absolute atomic E-state index is 13.5. The SMILES string of the molecule is CCC(C)(C)C(=O)Nc1ccc(F)[c-]c1F.CCC(C)(C)C(=O)Nc1ccc(F)[c-]c1F.CCC1(C(=O)Nc2ccc(F)[c-]c2F)CCCCC1.CCC1(C(=O)Nc2ccc(F)[c-]c2F)CCCCC1.[C-]1=CC=CC1.[C-]1=CC=CC1.[C-]1=CC=CC1.[C-]1=CC=CC1.[Ti+4].[Ti+4]. The van der Waals surface area contributed by atoms with E-state index in [1.165, 1.54) is 24.3 Å². The fraction of sp³-hybridized carbons (Fsp3) is 0.405. The molecule has 0 saturated heterocycles. The van der Waals surface area contributed by atoms with Crippen LogP contribution in [0.25, 0.3) is 0 Å². The van der Waals surface area contributed by atoms with Crippen LogP contribution < -0.4 is 21.3 Å². The summed E-state index contributed by atoms with van der Waals surface area (Å²) < 4.78 is 104. The molecule has 4 aromatic rings. The van der Waals surface area contributed by atoms with Crippen molar-refractivity contribution >= 4 is 46.4 Å². The Morgan fingerprint density at radius 1 is 0.391 bits per heavy atom. The Hall–Kier alpha value is -6.45. The van der Waals surface area contributed by atoms with Gasteiger partial charge in [-0.1, -0.05) is 93.9 Å². The van der Waals surface area contributed by atoms with Crippen LogP contribution in [0.2, 0.25) is 0 Å². The second-order valence-electron chi connectivity index (χ2n) is 22.8. The van der Waals surface area contributed by atoms with E-state index in [0.29, 0.717) is 12.8 Å². The van der Waals surface area contributed by atoms with Crippen LogP contribution in [0.15, 0.2) is 121 Å². The summed E-state index contributed by atoms with van der Waals surface area (Å²) in [6.45, 7) is 14.7. The van der Waals surface area contributed by atoms with Crippen LogP contribution in [0.1, 0.15) is 171 Å². The van der Waals surface area contributed by atoms with Crippen molar-refractivity contribution in [2.24, 2.45) is 21.7 Å². The molecule has 0 radical (unpaired) electrons. The summed E-state index contributed by atoms with van der Waals surface area (Å²) in [5.41, 5.74) is -2.06. The van der Waals surface area contributed by atoms with Gasteiger partial charge in [0.05, 0.1) is 0 Å². The molecule has 6 aliphatic rings. The van der Waals surface area contributed by atoms with E-state index in [1.807, 2.05) is 101 Å². The van der Waals surface area contributed by atoms with Crippen LogP contribution in [-0.2, 0) is 62.6 Å². The van der Waals surface area contributed by atoms with Gasteiger partial charge in [0, 0.05) is 68.2 Å². The van der Waals surface area contributed by atoms with Crippen molar-refractivity contribution in [3.63, 3.8) is 0 Å². The van der Waals surface area contributed by atoms with Crippen molar-refractivity contribution in [3.8, 4) is 0 Å². The Morgan fingerprint density at radius 3 is 0.804 bits per heavy atom. The summed E-state index contributed by atoms with van der Waals surface area (Å²) in [4.78, 5) is 48.2. The topological polar surface area (TPSA) is 116 Å². The van der Waals surface area contributed by atoms with Crippen molar-refractivity contribution in [2.75, 3.05) is 21.3 Å². The van der Waals surface area contributed by atoms with Gasteiger partial charge in [-0.3, -0.25) is 43.5 Å². The first-order chi connectivity index (χ1) is 42.9. The summed E-state index contributed by atoms with van der Waals surface area (Å²) in [6, 6.07) is 16.7. The second kappa shape index (κ2) is 44.2. The molecule has 0 heterocycles. The molecule has 0 aromatic heterocycles. The number of carbonyl (C=O) groups excluding carboxylic acids is 4. The number of hydrogen-bond donors (Lipinski definition) is 4. The van der Waals surface area contributed by atoms with Gasteiger partial charge in [-0.2, -0.15) is 24.3 Å². The van der Waals surface area contributed by atoms with E-state index in [0.717, 1.165) is 127 Å². The zero-order valence-corrected chi connectivity index (χ0v) is 57.1. The van der Waals surface area contributed by atoms with Crippen LogP contribution in [0.3, 0.4) is 0 Å². The van der Waals surface area contributed by atoms with E-state index in [2.05, 4.69) is 69.9 Å². The van der Waals surface area contributed by atoms with E-state index >= 15 is 0 Å². The quantitative estimate of drug-likeness (QED) is 0.0642. The second-order valence-corrected chi connectivity index (χ2v) is 22.8. The number of anilines is 4. The van der Waals surface area contributed by atoms with Crippen molar-refractivity contribution in [2.45, 2.75) is 171 Å². The van der Waals surface area contributed by atoms with E-state index in [4.69, 9.17) is 0 Å². The molecule has 4 aromatic carbocycles. The molecule has 6 aliphatic carbocycles. The minimum Gasteiger partial charge on any atom is -0.376 e. The third-order valence-corrected chi connectivity index (χ3v) is 15.7. The van der Waals surface area contributed by atoms with Crippen LogP contribution in [0.5, 0.6) is 0 Å². The van der Waals surface area contributed by atoms with Crippen LogP contribution >= 0.6 is 0 Å². The first-order valence-corrected chi connectivity index (χ1v) is 30.5. The summed E-state index contributed by atoms with van der Waals surface area (Å²) in [5, 5.41) is 10.0. The molecule has 18 heteroatoms. The maximum atomic E-state index is 13.5. The Labute approximate surface area is 571 Å². The summed E-state index contributed by atoms with van der Waals surface area (Å²) in [6.07, 6.45) is 52.5. The van der Waals surface area contributed by atoms with Crippen molar-refractivity contribution in [1.82, 2.24) is 0 Å². The van der Waals surface area contributed by atoms with Gasteiger partial charge in [-0.15, -0.1) is 98.5 Å². The predicted octanol–water partition coefficient (Wildman–Crippen LogP) is 19.6. The van der Waals surface area contributed by atoms with Gasteiger partial charge in [0.2, 0.25) is 23.6 Å². The van der Waals surface area contributed by atoms with Gasteiger partial charge in [-0.05, 0) is 74.1 Å². The van der Waals surface area contributed by atoms with Gasteiger partial charge in [-0.25, -0.2) is 83.7 Å². The average Bonchev–Trinajstić information content (AvgIpc) is 1.65. The minimum absolute atomic E-state index is 0. The standard InChI is InChI=1S/2C15H18F2NO.2C12H14F2NO.4C5H5.2Ti/c2*1-2-15(8-4-3-5-9-15)14(19)18-13-7-6-11(16)10-12(13)17;2*1-4-12(2,3)11(16)15-10-6-5-8(13)7-9(10)14;4*1-2-4-5-3-1;;/h2*6-7H,2-5,8-9H2,1H3,(H,18,19);2*5-6H,4H2,1-3H3,(H,15,16);4*1-3H,4H2;;/q8*-1;2*+4. The number of hydrogen-bond acceptors (Lipinski definition) is 4. The van der Waals surface area contributed by atoms with Crippen LogP contribution in [-0.4, -0.2) is 23.6 Å². The molecule has 4 amide bonds. The van der Waals surface area contributed by atoms with Gasteiger partial charge in [0.1, 0.15) is 0 Å². The molecule has 10 rings (SSSR count). The first-order valence-electron chi connectivity index (χ1n) is 30.5. The van der Waals surface area contributed by atoms with E-state index in [-0.39, 0.29) is 89.8 Å². The summed E-state index contributed by atoms with van der Waals surface area (Å²) >= 11 is 0. The molecule has 4 N–H and O–H groups in total. The number of rotatable bonds is 12. The van der Waals surface area contributed by atoms with E-state index in [1.54, 1.807) is 27.7 Å². The van der Waals surface area contributed by atoms with Gasteiger partial charge < -0.3 is 21.3 Å². The van der Waals surface area contributed by atoms with Gasteiger partial charge >= 0.3 is 43.4 Å². The third kappa shape index (κ3) is 30.1. The van der Waals surface area contributed by atoms with Crippen molar-refractivity contribution in [3.05, 3.63) is 217 Å². The third-order valence-electron chi connectivity index (χ3n) is 15.7. The number of benzene rings is 4. The fourth-order valence-corrected chi connectivity index (χ4v) is 8.87.